The van der Waals surface area contributed by atoms with Gasteiger partial charge in [-0.25, -0.2) is 0 Å². The summed E-state index contributed by atoms with van der Waals surface area (Å²) in [6.07, 6.45) is 2.95. The highest BCUT2D eigenvalue weighted by Gasteiger charge is 2.45. The highest BCUT2D eigenvalue weighted by Crippen LogP contribution is 2.36. The summed E-state index contributed by atoms with van der Waals surface area (Å²) in [6.45, 7) is 11.5. The molecule has 3 saturated heterocycles. The summed E-state index contributed by atoms with van der Waals surface area (Å²) < 4.78 is 6.04. The van der Waals surface area contributed by atoms with Gasteiger partial charge in [0.2, 0.25) is 0 Å². The van der Waals surface area contributed by atoms with E-state index in [4.69, 9.17) is 4.74 Å². The molecule has 3 fully saturated rings. The molecule has 4 atom stereocenters. The molecule has 0 aromatic heterocycles. The van der Waals surface area contributed by atoms with Crippen LogP contribution < -0.4 is 15.0 Å². The van der Waals surface area contributed by atoms with E-state index in [0.29, 0.717) is 12.6 Å². The van der Waals surface area contributed by atoms with Crippen molar-refractivity contribution in [3.05, 3.63) is 24.3 Å². The first-order valence-corrected chi connectivity index (χ1v) is 11.0. The molecule has 1 aromatic rings. The first kappa shape index (κ1) is 20.5. The van der Waals surface area contributed by atoms with Gasteiger partial charge in [0.05, 0.1) is 12.5 Å². The third-order valence-electron chi connectivity index (χ3n) is 6.98. The largest absolute Gasteiger partial charge is 0.493 e. The summed E-state index contributed by atoms with van der Waals surface area (Å²) in [4.78, 5) is 16.7. The number of hydrogen-bond donors (Lipinski definition) is 2. The predicted octanol–water partition coefficient (Wildman–Crippen LogP) is 2.83. The molecule has 0 amide bonds. The molecular weight excluding hydrogens is 366 g/mol. The Balaban J connectivity index is 1.31. The molecule has 1 aromatic carbocycles. The van der Waals surface area contributed by atoms with Crippen molar-refractivity contribution in [2.75, 3.05) is 37.7 Å². The van der Waals surface area contributed by atoms with Gasteiger partial charge in [0.15, 0.2) is 0 Å². The molecule has 160 valence electrons. The van der Waals surface area contributed by atoms with Crippen LogP contribution >= 0.6 is 0 Å². The Hall–Kier alpha value is -1.79. The van der Waals surface area contributed by atoms with Gasteiger partial charge in [0.25, 0.3) is 0 Å². The van der Waals surface area contributed by atoms with Crippen LogP contribution in [0.25, 0.3) is 0 Å². The maximum Gasteiger partial charge on any atom is 0.308 e. The van der Waals surface area contributed by atoms with Crippen molar-refractivity contribution in [2.24, 2.45) is 11.8 Å². The van der Waals surface area contributed by atoms with E-state index in [-0.39, 0.29) is 23.4 Å². The zero-order chi connectivity index (χ0) is 20.6. The number of fused-ring (bicyclic) bond motifs is 2. The lowest BCUT2D eigenvalue weighted by molar-refractivity contribution is -0.146. The fourth-order valence-corrected chi connectivity index (χ4v) is 5.30. The number of ether oxygens (including phenoxy) is 1. The van der Waals surface area contributed by atoms with Crippen LogP contribution in [-0.4, -0.2) is 66.4 Å². The quantitative estimate of drug-likeness (QED) is 0.791. The van der Waals surface area contributed by atoms with Crippen molar-refractivity contribution in [1.82, 2.24) is 10.2 Å². The number of anilines is 1. The van der Waals surface area contributed by atoms with Crippen LogP contribution in [-0.2, 0) is 4.79 Å². The van der Waals surface area contributed by atoms with Gasteiger partial charge in [-0.05, 0) is 64.3 Å². The van der Waals surface area contributed by atoms with E-state index < -0.39 is 5.97 Å². The zero-order valence-corrected chi connectivity index (χ0v) is 17.9. The summed E-state index contributed by atoms with van der Waals surface area (Å²) in [5.74, 6) is -0.123. The highest BCUT2D eigenvalue weighted by molar-refractivity contribution is 5.71. The van der Waals surface area contributed by atoms with Gasteiger partial charge in [-0.1, -0.05) is 0 Å². The lowest BCUT2D eigenvalue weighted by Crippen LogP contribution is -2.53. The summed E-state index contributed by atoms with van der Waals surface area (Å²) in [5.41, 5.74) is 1.46. The molecular formula is C23H35N3O3. The molecule has 6 heteroatoms. The van der Waals surface area contributed by atoms with E-state index in [9.17, 15) is 9.90 Å². The number of hydrogen-bond acceptors (Lipinski definition) is 5. The molecule has 0 spiro atoms. The maximum absolute atomic E-state index is 11.8. The summed E-state index contributed by atoms with van der Waals surface area (Å²) in [6, 6.07) is 8.87. The molecule has 0 radical (unpaired) electrons. The minimum Gasteiger partial charge on any atom is -0.493 e. The lowest BCUT2D eigenvalue weighted by Gasteiger charge is -2.43. The number of piperidine rings is 1. The monoisotopic (exact) mass is 401 g/mol. The minimum absolute atomic E-state index is 0.0800. The number of carboxylic acids is 1. The van der Waals surface area contributed by atoms with Crippen molar-refractivity contribution in [3.63, 3.8) is 0 Å². The van der Waals surface area contributed by atoms with E-state index in [1.54, 1.807) is 0 Å². The molecule has 2 N–H and O–H groups in total. The van der Waals surface area contributed by atoms with Crippen molar-refractivity contribution in [3.8, 4) is 5.75 Å². The van der Waals surface area contributed by atoms with Crippen LogP contribution in [0.3, 0.4) is 0 Å². The Kier molecular flexibility index (Phi) is 5.76. The van der Waals surface area contributed by atoms with Crippen LogP contribution in [0.15, 0.2) is 24.3 Å². The van der Waals surface area contributed by atoms with E-state index >= 15 is 0 Å². The number of nitrogens with zero attached hydrogens (tertiary/aromatic N) is 2. The van der Waals surface area contributed by atoms with E-state index in [1.165, 1.54) is 5.69 Å². The van der Waals surface area contributed by atoms with Gasteiger partial charge >= 0.3 is 5.97 Å². The molecule has 3 aliphatic rings. The van der Waals surface area contributed by atoms with Gasteiger partial charge in [0, 0.05) is 55.4 Å². The van der Waals surface area contributed by atoms with Crippen molar-refractivity contribution >= 4 is 11.7 Å². The standard InChI is InChI=1S/C23H35N3O3/c1-23(2,3)26-12-10-25(11-13-26)18-5-7-19(8-6-18)29-15-16-14-17-4-9-20(24-17)21(16)22(27)28/h5-8,16-17,20-21,24H,4,9-15H2,1-3H3,(H,27,28). The van der Waals surface area contributed by atoms with Crippen LogP contribution in [0, 0.1) is 11.8 Å². The molecule has 0 saturated carbocycles. The van der Waals surface area contributed by atoms with Gasteiger partial charge in [0.1, 0.15) is 5.75 Å². The average molecular weight is 402 g/mol. The fourth-order valence-electron chi connectivity index (χ4n) is 5.30. The van der Waals surface area contributed by atoms with E-state index in [2.05, 4.69) is 48.0 Å². The van der Waals surface area contributed by atoms with Gasteiger partial charge in [-0.3, -0.25) is 9.69 Å². The second-order valence-electron chi connectivity index (χ2n) is 9.86. The van der Waals surface area contributed by atoms with Crippen molar-refractivity contribution in [2.45, 2.75) is 57.7 Å². The van der Waals surface area contributed by atoms with E-state index in [0.717, 1.165) is 51.2 Å². The molecule has 3 heterocycles. The summed E-state index contributed by atoms with van der Waals surface area (Å²) in [5, 5.41) is 13.1. The Morgan fingerprint density at radius 3 is 2.45 bits per heavy atom. The van der Waals surface area contributed by atoms with Crippen LogP contribution in [0.1, 0.15) is 40.0 Å². The summed E-state index contributed by atoms with van der Waals surface area (Å²) >= 11 is 0. The fraction of sp³-hybridized carbons (Fsp3) is 0.696. The molecule has 3 aliphatic heterocycles. The SMILES string of the molecule is CC(C)(C)N1CCN(c2ccc(OCC3CC4CCC(N4)C3C(=O)O)cc2)CC1. The van der Waals surface area contributed by atoms with Gasteiger partial charge in [-0.15, -0.1) is 0 Å². The normalized spacial score (nSPS) is 30.4. The lowest BCUT2D eigenvalue weighted by atomic mass is 9.82. The third-order valence-corrected chi connectivity index (χ3v) is 6.98. The third kappa shape index (κ3) is 4.53. The van der Waals surface area contributed by atoms with Crippen molar-refractivity contribution in [1.29, 1.82) is 0 Å². The average Bonchev–Trinajstić information content (AvgIpc) is 3.06. The zero-order valence-electron chi connectivity index (χ0n) is 17.9. The molecule has 4 rings (SSSR count). The van der Waals surface area contributed by atoms with Crippen LogP contribution in [0.5, 0.6) is 5.75 Å². The van der Waals surface area contributed by atoms with Gasteiger partial charge in [-0.2, -0.15) is 0 Å². The number of piperazine rings is 1. The molecule has 29 heavy (non-hydrogen) atoms. The van der Waals surface area contributed by atoms with E-state index in [1.807, 2.05) is 12.1 Å². The summed E-state index contributed by atoms with van der Waals surface area (Å²) in [7, 11) is 0. The Labute approximate surface area is 174 Å². The number of aliphatic carboxylic acids is 1. The van der Waals surface area contributed by atoms with Crippen LogP contribution in [0.4, 0.5) is 5.69 Å². The number of benzene rings is 1. The Bertz CT molecular complexity index is 707. The smallest absolute Gasteiger partial charge is 0.308 e. The molecule has 0 aliphatic carbocycles. The second kappa shape index (κ2) is 8.15. The molecule has 4 unspecified atom stereocenters. The predicted molar refractivity (Wildman–Crippen MR) is 115 cm³/mol. The Morgan fingerprint density at radius 1 is 1.14 bits per heavy atom. The maximum atomic E-state index is 11.8. The highest BCUT2D eigenvalue weighted by atomic mass is 16.5. The minimum atomic E-state index is -0.693. The number of carbonyl (C=O) groups is 1. The van der Waals surface area contributed by atoms with Gasteiger partial charge < -0.3 is 20.1 Å². The molecule has 6 nitrogen and oxygen atoms in total. The molecule has 2 bridgehead atoms. The Morgan fingerprint density at radius 2 is 1.83 bits per heavy atom. The number of carboxylic acid groups (broad SMARTS) is 1. The topological polar surface area (TPSA) is 65.0 Å². The first-order valence-electron chi connectivity index (χ1n) is 11.0. The number of nitrogens with one attached hydrogen (secondary N) is 1. The number of rotatable bonds is 5. The second-order valence-corrected chi connectivity index (χ2v) is 9.86. The van der Waals surface area contributed by atoms with Crippen LogP contribution in [0.2, 0.25) is 0 Å². The first-order chi connectivity index (χ1) is 13.8. The van der Waals surface area contributed by atoms with Crippen molar-refractivity contribution < 1.29 is 14.6 Å².